The van der Waals surface area contributed by atoms with Crippen LogP contribution < -0.4 is 5.32 Å². The van der Waals surface area contributed by atoms with Crippen molar-refractivity contribution in [3.8, 4) is 0 Å². The number of methoxy groups -OCH3 is 1. The van der Waals surface area contributed by atoms with Gasteiger partial charge in [0.15, 0.2) is 11.6 Å². The number of nitrogens with one attached hydrogen (secondary N) is 2. The third kappa shape index (κ3) is 3.94. The smallest absolute Gasteiger partial charge is 0.328 e. The van der Waals surface area contributed by atoms with Crippen molar-refractivity contribution < 1.29 is 23.1 Å². The van der Waals surface area contributed by atoms with E-state index in [1.165, 1.54) is 30.5 Å². The first-order valence-corrected chi connectivity index (χ1v) is 9.50. The van der Waals surface area contributed by atoms with Gasteiger partial charge in [0.1, 0.15) is 12.1 Å². The molecule has 0 saturated carbocycles. The molecule has 1 aromatic carbocycles. The van der Waals surface area contributed by atoms with Crippen LogP contribution in [0.25, 0.3) is 0 Å². The topological polar surface area (TPSA) is 87.3 Å². The van der Waals surface area contributed by atoms with E-state index in [1.54, 1.807) is 0 Å². The molecule has 0 saturated heterocycles. The summed E-state index contributed by atoms with van der Waals surface area (Å²) in [5.41, 5.74) is 1.22. The maximum atomic E-state index is 14.6. The Kier molecular flexibility index (Phi) is 6.14. The van der Waals surface area contributed by atoms with Crippen LogP contribution in [0, 0.1) is 17.6 Å². The fraction of sp³-hybridized carbons (Fsp3) is 0.450. The molecule has 156 valence electrons. The van der Waals surface area contributed by atoms with Crippen LogP contribution >= 0.6 is 0 Å². The Hall–Kier alpha value is -2.97. The summed E-state index contributed by atoms with van der Waals surface area (Å²) >= 11 is 0. The lowest BCUT2D eigenvalue weighted by molar-refractivity contribution is -0.144. The number of hydrogen-bond acceptors (Lipinski definition) is 4. The molecular weight excluding hydrogens is 382 g/mol. The second-order valence-corrected chi connectivity index (χ2v) is 7.09. The number of ether oxygens (including phenoxy) is 1. The van der Waals surface area contributed by atoms with Gasteiger partial charge in [-0.15, -0.1) is 0 Å². The first-order valence-electron chi connectivity index (χ1n) is 9.50. The van der Waals surface area contributed by atoms with E-state index in [9.17, 15) is 18.4 Å². The average Bonchev–Trinajstić information content (AvgIpc) is 3.21. The number of benzene rings is 1. The number of amides is 2. The minimum Gasteiger partial charge on any atom is -0.467 e. The molecule has 0 aliphatic carbocycles. The number of nitrogens with zero attached hydrogens (tertiary/aromatic N) is 2. The van der Waals surface area contributed by atoms with E-state index in [1.807, 2.05) is 13.8 Å². The lowest BCUT2D eigenvalue weighted by atomic mass is 9.95. The monoisotopic (exact) mass is 406 g/mol. The lowest BCUT2D eigenvalue weighted by Gasteiger charge is -2.36. The number of halogens is 2. The van der Waals surface area contributed by atoms with E-state index in [2.05, 4.69) is 15.3 Å². The van der Waals surface area contributed by atoms with Gasteiger partial charge in [0.2, 0.25) is 0 Å². The van der Waals surface area contributed by atoms with Crippen molar-refractivity contribution >= 4 is 12.0 Å². The van der Waals surface area contributed by atoms with E-state index in [0.717, 1.165) is 11.8 Å². The number of esters is 1. The van der Waals surface area contributed by atoms with Gasteiger partial charge in [-0.2, -0.15) is 0 Å². The van der Waals surface area contributed by atoms with Gasteiger partial charge in [-0.1, -0.05) is 32.4 Å². The summed E-state index contributed by atoms with van der Waals surface area (Å²) in [5, 5.41) is 2.70. The molecule has 7 nitrogen and oxygen atoms in total. The molecule has 2 N–H and O–H groups in total. The molecule has 2 amide bonds. The average molecular weight is 406 g/mol. The van der Waals surface area contributed by atoms with Crippen LogP contribution in [0.4, 0.5) is 13.6 Å². The van der Waals surface area contributed by atoms with Gasteiger partial charge in [-0.3, -0.25) is 0 Å². The molecule has 9 heteroatoms. The minimum atomic E-state index is -1.03. The summed E-state index contributed by atoms with van der Waals surface area (Å²) < 4.78 is 33.3. The molecule has 0 spiro atoms. The molecule has 1 aromatic heterocycles. The molecular formula is C20H24F2N4O3. The Labute approximate surface area is 167 Å². The van der Waals surface area contributed by atoms with Gasteiger partial charge >= 0.3 is 12.0 Å². The zero-order valence-corrected chi connectivity index (χ0v) is 16.5. The number of fused-ring (bicyclic) bond motifs is 1. The van der Waals surface area contributed by atoms with Gasteiger partial charge in [0.05, 0.1) is 19.1 Å². The van der Waals surface area contributed by atoms with Crippen LogP contribution in [0.5, 0.6) is 0 Å². The van der Waals surface area contributed by atoms with E-state index in [4.69, 9.17) is 4.74 Å². The molecule has 2 aromatic rings. The first kappa shape index (κ1) is 20.8. The maximum absolute atomic E-state index is 14.6. The minimum absolute atomic E-state index is 0.00589. The number of aromatic nitrogens is 2. The quantitative estimate of drug-likeness (QED) is 0.748. The van der Waals surface area contributed by atoms with Crippen LogP contribution in [0.15, 0.2) is 24.5 Å². The fourth-order valence-electron chi connectivity index (χ4n) is 3.55. The summed E-state index contributed by atoms with van der Waals surface area (Å²) in [7, 11) is 1.26. The number of carbonyl (C=O) groups excluding carboxylic acids is 2. The second kappa shape index (κ2) is 8.59. The van der Waals surface area contributed by atoms with Crippen molar-refractivity contribution in [3.05, 3.63) is 53.1 Å². The third-order valence-corrected chi connectivity index (χ3v) is 5.41. The van der Waals surface area contributed by atoms with Crippen LogP contribution in [-0.4, -0.2) is 46.6 Å². The Morgan fingerprint density at radius 3 is 2.86 bits per heavy atom. The fourth-order valence-corrected chi connectivity index (χ4v) is 3.55. The van der Waals surface area contributed by atoms with E-state index in [0.29, 0.717) is 18.5 Å². The van der Waals surface area contributed by atoms with Crippen LogP contribution in [0.3, 0.4) is 0 Å². The molecule has 0 bridgehead atoms. The largest absolute Gasteiger partial charge is 0.467 e. The SMILES string of the molecule is CC[C@H](C)[C@@H](NC(=O)N1CCc2[nH]cnc2[C@@H]1c1cccc(F)c1F)C(=O)OC. The van der Waals surface area contributed by atoms with Crippen molar-refractivity contribution in [2.75, 3.05) is 13.7 Å². The Morgan fingerprint density at radius 2 is 2.17 bits per heavy atom. The normalized spacial score (nSPS) is 18.0. The summed E-state index contributed by atoms with van der Waals surface area (Å²) in [5.74, 6) is -2.75. The van der Waals surface area contributed by atoms with E-state index < -0.39 is 35.7 Å². The molecule has 29 heavy (non-hydrogen) atoms. The van der Waals surface area contributed by atoms with Gasteiger partial charge in [-0.25, -0.2) is 23.4 Å². The second-order valence-electron chi connectivity index (χ2n) is 7.09. The highest BCUT2D eigenvalue weighted by atomic mass is 19.2. The van der Waals surface area contributed by atoms with Crippen molar-refractivity contribution in [1.82, 2.24) is 20.2 Å². The van der Waals surface area contributed by atoms with Crippen molar-refractivity contribution in [3.63, 3.8) is 0 Å². The summed E-state index contributed by atoms with van der Waals surface area (Å²) in [6.45, 7) is 3.97. The number of carbonyl (C=O) groups is 2. The zero-order valence-electron chi connectivity index (χ0n) is 16.5. The standard InChI is InChI=1S/C20H24F2N4O3/c1-4-11(2)16(19(27)29-3)25-20(28)26-9-8-14-17(24-10-23-14)18(26)12-6-5-7-13(21)15(12)22/h5-7,10-11,16,18H,4,8-9H2,1-3H3,(H,23,24)(H,25,28)/t11-,16+,18-/m0/s1. The van der Waals surface area contributed by atoms with Crippen molar-refractivity contribution in [2.24, 2.45) is 5.92 Å². The van der Waals surface area contributed by atoms with Crippen LogP contribution in [0.1, 0.15) is 43.3 Å². The molecule has 3 atom stereocenters. The van der Waals surface area contributed by atoms with E-state index >= 15 is 0 Å². The highest BCUT2D eigenvalue weighted by molar-refractivity contribution is 5.84. The first-order chi connectivity index (χ1) is 13.9. The summed E-state index contributed by atoms with van der Waals surface area (Å²) in [6, 6.07) is 1.50. The molecule has 1 aliphatic heterocycles. The highest BCUT2D eigenvalue weighted by Gasteiger charge is 2.38. The summed E-state index contributed by atoms with van der Waals surface area (Å²) in [6.07, 6.45) is 2.58. The number of imidazole rings is 1. The molecule has 2 heterocycles. The molecule has 3 rings (SSSR count). The Bertz CT molecular complexity index is 902. The van der Waals surface area contributed by atoms with Crippen LogP contribution in [-0.2, 0) is 16.0 Å². The predicted octanol–water partition coefficient (Wildman–Crippen LogP) is 2.93. The Morgan fingerprint density at radius 1 is 1.41 bits per heavy atom. The third-order valence-electron chi connectivity index (χ3n) is 5.41. The van der Waals surface area contributed by atoms with Gasteiger partial charge in [-0.05, 0) is 12.0 Å². The molecule has 1 aliphatic rings. The number of aromatic amines is 1. The highest BCUT2D eigenvalue weighted by Crippen LogP contribution is 2.35. The number of urea groups is 1. The number of hydrogen-bond donors (Lipinski definition) is 2. The van der Waals surface area contributed by atoms with Gasteiger partial charge in [0.25, 0.3) is 0 Å². The summed E-state index contributed by atoms with van der Waals surface area (Å²) in [4.78, 5) is 33.9. The van der Waals surface area contributed by atoms with Crippen LogP contribution in [0.2, 0.25) is 0 Å². The predicted molar refractivity (Wildman–Crippen MR) is 101 cm³/mol. The maximum Gasteiger partial charge on any atom is 0.328 e. The number of H-pyrrole nitrogens is 1. The molecule has 0 unspecified atom stereocenters. The van der Waals surface area contributed by atoms with Crippen molar-refractivity contribution in [1.29, 1.82) is 0 Å². The van der Waals surface area contributed by atoms with E-state index in [-0.39, 0.29) is 18.0 Å². The Balaban J connectivity index is 1.97. The zero-order chi connectivity index (χ0) is 21.1. The molecule has 0 radical (unpaired) electrons. The van der Waals surface area contributed by atoms with Crippen molar-refractivity contribution in [2.45, 2.75) is 38.8 Å². The lowest BCUT2D eigenvalue weighted by Crippen LogP contribution is -2.53. The number of rotatable bonds is 5. The molecule has 0 fully saturated rings. The van der Waals surface area contributed by atoms with Gasteiger partial charge < -0.3 is 19.9 Å². The van der Waals surface area contributed by atoms with Gasteiger partial charge in [0, 0.05) is 24.2 Å².